The molecule has 0 aromatic carbocycles. The van der Waals surface area contributed by atoms with Crippen molar-refractivity contribution in [3.05, 3.63) is 30.3 Å². The summed E-state index contributed by atoms with van der Waals surface area (Å²) >= 11 is 0. The van der Waals surface area contributed by atoms with Crippen molar-refractivity contribution in [3.63, 3.8) is 0 Å². The fourth-order valence-corrected chi connectivity index (χ4v) is 1.04. The molecule has 0 fully saturated rings. The zero-order chi connectivity index (χ0) is 9.26. The lowest BCUT2D eigenvalue weighted by molar-refractivity contribution is 0.389. The van der Waals surface area contributed by atoms with E-state index < -0.39 is 5.82 Å². The van der Waals surface area contributed by atoms with Crippen molar-refractivity contribution in [2.45, 2.75) is 0 Å². The van der Waals surface area contributed by atoms with Gasteiger partial charge in [-0.2, -0.15) is 0 Å². The molecule has 5 heteroatoms. The summed E-state index contributed by atoms with van der Waals surface area (Å²) in [6, 6.07) is 2.85. The van der Waals surface area contributed by atoms with Gasteiger partial charge in [-0.1, -0.05) is 0 Å². The Morgan fingerprint density at radius 1 is 1.15 bits per heavy atom. The van der Waals surface area contributed by atoms with Gasteiger partial charge in [0.15, 0.2) is 0 Å². The van der Waals surface area contributed by atoms with Crippen LogP contribution in [0.25, 0.3) is 11.0 Å². The third-order valence-electron chi connectivity index (χ3n) is 1.63. The highest BCUT2D eigenvalue weighted by Gasteiger charge is 1.99. The number of nitrogens with zero attached hydrogens (tertiary/aromatic N) is 2. The van der Waals surface area contributed by atoms with Gasteiger partial charge in [0, 0.05) is 6.07 Å². The number of aromatic nitrogens is 2. The number of hydrogen-bond acceptors (Lipinski definition) is 4. The third-order valence-corrected chi connectivity index (χ3v) is 1.63. The number of halogens is 1. The van der Waals surface area contributed by atoms with Crippen molar-refractivity contribution in [1.82, 2.24) is 9.97 Å². The summed E-state index contributed by atoms with van der Waals surface area (Å²) in [4.78, 5) is 7.69. The fourth-order valence-electron chi connectivity index (χ4n) is 1.04. The van der Waals surface area contributed by atoms with Crippen molar-refractivity contribution in [1.29, 1.82) is 0 Å². The molecule has 2 rings (SSSR count). The number of nitrogens with one attached hydrogen (secondary N) is 1. The second-order valence-electron chi connectivity index (χ2n) is 2.53. The largest absolute Gasteiger partial charge is 0.291 e. The highest BCUT2D eigenvalue weighted by atomic mass is 19.1. The van der Waals surface area contributed by atoms with Gasteiger partial charge in [0.05, 0.1) is 29.1 Å². The molecule has 0 aliphatic rings. The van der Waals surface area contributed by atoms with E-state index in [2.05, 4.69) is 9.97 Å². The van der Waals surface area contributed by atoms with Crippen LogP contribution in [0.2, 0.25) is 0 Å². The summed E-state index contributed by atoms with van der Waals surface area (Å²) in [5.41, 5.74) is 3.35. The first-order valence-corrected chi connectivity index (χ1v) is 3.61. The van der Waals surface area contributed by atoms with Gasteiger partial charge >= 0.3 is 0 Å². The first kappa shape index (κ1) is 7.88. The lowest BCUT2D eigenvalue weighted by Gasteiger charge is -1.99. The zero-order valence-corrected chi connectivity index (χ0v) is 6.53. The average molecular weight is 179 g/mol. The number of fused-ring (bicyclic) bond motifs is 1. The summed E-state index contributed by atoms with van der Waals surface area (Å²) in [6.07, 6.45) is 2.49. The minimum absolute atomic E-state index is 0.423. The van der Waals surface area contributed by atoms with Gasteiger partial charge in [0.2, 0.25) is 0 Å². The molecule has 2 aromatic heterocycles. The van der Waals surface area contributed by atoms with Crippen LogP contribution in [0, 0.1) is 5.82 Å². The maximum Gasteiger partial charge on any atom is 0.143 e. The zero-order valence-electron chi connectivity index (χ0n) is 6.53. The first-order valence-electron chi connectivity index (χ1n) is 3.61. The predicted molar refractivity (Wildman–Crippen MR) is 44.9 cm³/mol. The van der Waals surface area contributed by atoms with Crippen molar-refractivity contribution < 1.29 is 9.60 Å². The molecule has 0 unspecified atom stereocenters. The smallest absolute Gasteiger partial charge is 0.143 e. The van der Waals surface area contributed by atoms with Crippen LogP contribution >= 0.6 is 0 Å². The molecule has 0 radical (unpaired) electrons. The Bertz CT molecular complexity index is 446. The molecule has 2 aromatic rings. The highest BCUT2D eigenvalue weighted by Crippen LogP contribution is 2.14. The summed E-state index contributed by atoms with van der Waals surface area (Å²) in [6.45, 7) is 0. The second-order valence-corrected chi connectivity index (χ2v) is 2.53. The molecule has 0 saturated heterocycles. The molecule has 0 bridgehead atoms. The molecular weight excluding hydrogens is 173 g/mol. The molecule has 2 N–H and O–H groups in total. The molecule has 0 saturated carbocycles. The van der Waals surface area contributed by atoms with Gasteiger partial charge in [0.1, 0.15) is 5.82 Å². The van der Waals surface area contributed by atoms with E-state index in [1.807, 2.05) is 5.48 Å². The lowest BCUT2D eigenvalue weighted by atomic mass is 10.3. The van der Waals surface area contributed by atoms with E-state index in [0.717, 1.165) is 6.20 Å². The molecule has 0 amide bonds. The molecule has 0 aliphatic carbocycles. The van der Waals surface area contributed by atoms with Gasteiger partial charge in [-0.05, 0) is 6.07 Å². The van der Waals surface area contributed by atoms with Gasteiger partial charge in [0.25, 0.3) is 0 Å². The van der Waals surface area contributed by atoms with Crippen LogP contribution in [-0.4, -0.2) is 15.2 Å². The summed E-state index contributed by atoms with van der Waals surface area (Å²) in [7, 11) is 0. The highest BCUT2D eigenvalue weighted by molar-refractivity contribution is 5.76. The van der Waals surface area contributed by atoms with Gasteiger partial charge < -0.3 is 0 Å². The Hall–Kier alpha value is -1.75. The van der Waals surface area contributed by atoms with E-state index in [-0.39, 0.29) is 0 Å². The Kier molecular flexibility index (Phi) is 1.79. The number of rotatable bonds is 1. The van der Waals surface area contributed by atoms with Crippen molar-refractivity contribution >= 4 is 16.7 Å². The predicted octanol–water partition coefficient (Wildman–Crippen LogP) is 1.57. The molecule has 0 spiro atoms. The Morgan fingerprint density at radius 3 is 2.62 bits per heavy atom. The topological polar surface area (TPSA) is 58.0 Å². The Labute approximate surface area is 73.0 Å². The van der Waals surface area contributed by atoms with Crippen LogP contribution in [0.5, 0.6) is 0 Å². The van der Waals surface area contributed by atoms with Crippen LogP contribution in [-0.2, 0) is 0 Å². The second kappa shape index (κ2) is 2.95. The van der Waals surface area contributed by atoms with E-state index >= 15 is 0 Å². The number of hydrogen-bond donors (Lipinski definition) is 2. The molecule has 13 heavy (non-hydrogen) atoms. The standard InChI is InChI=1S/C8H6FN3O/c9-5-1-7-8(10-3-5)2-6(12-13)4-11-7/h1-4,12-13H. The van der Waals surface area contributed by atoms with E-state index in [4.69, 9.17) is 5.21 Å². The SMILES string of the molecule is ONc1cnc2cc(F)cnc2c1. The van der Waals surface area contributed by atoms with Gasteiger partial charge in [-0.25, -0.2) is 4.39 Å². The van der Waals surface area contributed by atoms with Crippen molar-refractivity contribution in [3.8, 4) is 0 Å². The molecule has 66 valence electrons. The summed E-state index contributed by atoms with van der Waals surface area (Å²) < 4.78 is 12.7. The molecule has 2 heterocycles. The minimum atomic E-state index is -0.426. The lowest BCUT2D eigenvalue weighted by Crippen LogP contribution is -1.92. The van der Waals surface area contributed by atoms with Crippen LogP contribution in [0.3, 0.4) is 0 Å². The van der Waals surface area contributed by atoms with E-state index in [9.17, 15) is 4.39 Å². The van der Waals surface area contributed by atoms with Gasteiger partial charge in [-0.3, -0.25) is 20.7 Å². The summed E-state index contributed by atoms with van der Waals surface area (Å²) in [5, 5.41) is 8.56. The van der Waals surface area contributed by atoms with Crippen LogP contribution < -0.4 is 5.48 Å². The van der Waals surface area contributed by atoms with Crippen LogP contribution in [0.1, 0.15) is 0 Å². The fraction of sp³-hybridized carbons (Fsp3) is 0. The van der Waals surface area contributed by atoms with Gasteiger partial charge in [-0.15, -0.1) is 0 Å². The van der Waals surface area contributed by atoms with E-state index in [1.165, 1.54) is 12.3 Å². The van der Waals surface area contributed by atoms with Crippen LogP contribution in [0.15, 0.2) is 24.5 Å². The first-order chi connectivity index (χ1) is 6.29. The Balaban J connectivity index is 2.66. The normalized spacial score (nSPS) is 10.3. The number of pyridine rings is 2. The van der Waals surface area contributed by atoms with Crippen molar-refractivity contribution in [2.75, 3.05) is 5.48 Å². The molecular formula is C8H6FN3O. The number of anilines is 1. The van der Waals surface area contributed by atoms with E-state index in [0.29, 0.717) is 16.7 Å². The monoisotopic (exact) mass is 179 g/mol. The molecule has 0 atom stereocenters. The summed E-state index contributed by atoms with van der Waals surface area (Å²) in [5.74, 6) is -0.426. The molecule has 4 nitrogen and oxygen atoms in total. The third kappa shape index (κ3) is 1.41. The maximum absolute atomic E-state index is 12.7. The minimum Gasteiger partial charge on any atom is -0.291 e. The van der Waals surface area contributed by atoms with Crippen molar-refractivity contribution in [2.24, 2.45) is 0 Å². The van der Waals surface area contributed by atoms with Crippen LogP contribution in [0.4, 0.5) is 10.1 Å². The maximum atomic E-state index is 12.7. The Morgan fingerprint density at radius 2 is 1.85 bits per heavy atom. The molecule has 0 aliphatic heterocycles. The quantitative estimate of drug-likeness (QED) is 0.652. The average Bonchev–Trinajstić information content (AvgIpc) is 2.17. The van der Waals surface area contributed by atoms with E-state index in [1.54, 1.807) is 6.07 Å².